The van der Waals surface area contributed by atoms with Crippen LogP contribution in [0, 0.1) is 13.8 Å². The van der Waals surface area contributed by atoms with Crippen LogP contribution < -0.4 is 5.32 Å². The number of aryl methyl sites for hydroxylation is 2. The van der Waals surface area contributed by atoms with Gasteiger partial charge in [-0.05, 0) is 26.3 Å². The average Bonchev–Trinajstić information content (AvgIpc) is 2.84. The normalized spacial score (nSPS) is 11.0. The second-order valence-electron chi connectivity index (χ2n) is 5.38. The summed E-state index contributed by atoms with van der Waals surface area (Å²) >= 11 is 0. The van der Waals surface area contributed by atoms with E-state index in [0.717, 1.165) is 30.1 Å². The molecule has 6 nitrogen and oxygen atoms in total. The van der Waals surface area contributed by atoms with E-state index in [1.165, 1.54) is 12.8 Å². The van der Waals surface area contributed by atoms with Crippen molar-refractivity contribution in [1.29, 1.82) is 0 Å². The van der Waals surface area contributed by atoms with Gasteiger partial charge in [-0.25, -0.2) is 4.98 Å². The van der Waals surface area contributed by atoms with Crippen molar-refractivity contribution in [2.45, 2.75) is 59.4 Å². The summed E-state index contributed by atoms with van der Waals surface area (Å²) in [4.78, 5) is 16.1. The molecule has 2 heterocycles. The molecule has 0 aliphatic carbocycles. The molecule has 0 bridgehead atoms. The van der Waals surface area contributed by atoms with Gasteiger partial charge in [0.1, 0.15) is 0 Å². The summed E-state index contributed by atoms with van der Waals surface area (Å²) in [5, 5.41) is 11.1. The van der Waals surface area contributed by atoms with Crippen molar-refractivity contribution in [2.75, 3.05) is 0 Å². The predicted molar refractivity (Wildman–Crippen MR) is 80.9 cm³/mol. The Hall–Kier alpha value is -1.98. The fourth-order valence-corrected chi connectivity index (χ4v) is 2.39. The van der Waals surface area contributed by atoms with Crippen LogP contribution in [0.1, 0.15) is 56.2 Å². The summed E-state index contributed by atoms with van der Waals surface area (Å²) in [6.45, 7) is 6.47. The van der Waals surface area contributed by atoms with Gasteiger partial charge in [0.05, 0.1) is 6.54 Å². The molecule has 0 saturated heterocycles. The number of carbonyl (C=O) groups excluding carboxylic acids is 1. The number of unbranched alkanes of at least 4 members (excludes halogenated alkanes) is 3. The first-order valence-electron chi connectivity index (χ1n) is 7.56. The van der Waals surface area contributed by atoms with Gasteiger partial charge in [-0.2, -0.15) is 0 Å². The lowest BCUT2D eigenvalue weighted by atomic mass is 10.1. The van der Waals surface area contributed by atoms with E-state index >= 15 is 0 Å². The Bertz CT molecular complexity index is 620. The van der Waals surface area contributed by atoms with Gasteiger partial charge in [-0.15, -0.1) is 10.2 Å². The maximum atomic E-state index is 11.8. The van der Waals surface area contributed by atoms with E-state index in [1.807, 2.05) is 24.3 Å². The molecule has 1 N–H and O–H groups in total. The van der Waals surface area contributed by atoms with Gasteiger partial charge >= 0.3 is 0 Å². The summed E-state index contributed by atoms with van der Waals surface area (Å²) in [6, 6.07) is 1.98. The Morgan fingerprint density at radius 2 is 2.05 bits per heavy atom. The van der Waals surface area contributed by atoms with Crippen LogP contribution in [0.15, 0.2) is 6.07 Å². The fraction of sp³-hybridized carbons (Fsp3) is 0.600. The third-order valence-corrected chi connectivity index (χ3v) is 3.46. The third kappa shape index (κ3) is 4.00. The van der Waals surface area contributed by atoms with Crippen LogP contribution in [-0.2, 0) is 11.3 Å². The van der Waals surface area contributed by atoms with Crippen molar-refractivity contribution >= 4 is 11.7 Å². The first-order valence-corrected chi connectivity index (χ1v) is 7.56. The van der Waals surface area contributed by atoms with Gasteiger partial charge < -0.3 is 5.32 Å². The largest absolute Gasteiger partial charge is 0.349 e. The molecule has 0 aliphatic rings. The summed E-state index contributed by atoms with van der Waals surface area (Å²) in [5.74, 6) is 1.37. The number of amides is 1. The van der Waals surface area contributed by atoms with Crippen LogP contribution in [0.25, 0.3) is 5.78 Å². The minimum absolute atomic E-state index is 0.0700. The number of rotatable bonds is 7. The highest BCUT2D eigenvalue weighted by molar-refractivity contribution is 5.75. The second-order valence-corrected chi connectivity index (χ2v) is 5.38. The Morgan fingerprint density at radius 3 is 2.81 bits per heavy atom. The monoisotopic (exact) mass is 289 g/mol. The number of aromatic nitrogens is 4. The molecule has 0 unspecified atom stereocenters. The van der Waals surface area contributed by atoms with Crippen molar-refractivity contribution in [3.8, 4) is 0 Å². The summed E-state index contributed by atoms with van der Waals surface area (Å²) in [5.41, 5.74) is 1.94. The van der Waals surface area contributed by atoms with Gasteiger partial charge in [-0.3, -0.25) is 9.20 Å². The molecule has 2 aromatic rings. The van der Waals surface area contributed by atoms with E-state index in [0.29, 0.717) is 18.7 Å². The van der Waals surface area contributed by atoms with Crippen molar-refractivity contribution in [1.82, 2.24) is 24.9 Å². The molecule has 1 amide bonds. The number of hydrogen-bond acceptors (Lipinski definition) is 4. The van der Waals surface area contributed by atoms with E-state index in [-0.39, 0.29) is 5.91 Å². The van der Waals surface area contributed by atoms with E-state index < -0.39 is 0 Å². The zero-order valence-corrected chi connectivity index (χ0v) is 13.0. The lowest BCUT2D eigenvalue weighted by Gasteiger charge is -2.06. The van der Waals surface area contributed by atoms with Crippen LogP contribution in [0.3, 0.4) is 0 Å². The zero-order valence-electron chi connectivity index (χ0n) is 13.0. The van der Waals surface area contributed by atoms with Gasteiger partial charge in [0, 0.05) is 17.8 Å². The van der Waals surface area contributed by atoms with Gasteiger partial charge in [0.15, 0.2) is 5.82 Å². The standard InChI is InChI=1S/C15H23N5O/c1-4-5-6-7-8-14(21)16-10-13-18-19-15-17-11(2)9-12(3)20(13)15/h9H,4-8,10H2,1-3H3,(H,16,21). The van der Waals surface area contributed by atoms with Crippen LogP contribution in [0.5, 0.6) is 0 Å². The average molecular weight is 289 g/mol. The Balaban J connectivity index is 1.93. The SMILES string of the molecule is CCCCCCC(=O)NCc1nnc2nc(C)cc(C)n12. The summed E-state index contributed by atoms with van der Waals surface area (Å²) in [6.07, 6.45) is 5.00. The van der Waals surface area contributed by atoms with Crippen LogP contribution in [-0.4, -0.2) is 25.5 Å². The summed E-state index contributed by atoms with van der Waals surface area (Å²) in [7, 11) is 0. The maximum absolute atomic E-state index is 11.8. The molecular weight excluding hydrogens is 266 g/mol. The highest BCUT2D eigenvalue weighted by Crippen LogP contribution is 2.08. The van der Waals surface area contributed by atoms with Crippen molar-refractivity contribution < 1.29 is 4.79 Å². The molecule has 0 aromatic carbocycles. The molecule has 2 aromatic heterocycles. The molecule has 6 heteroatoms. The minimum atomic E-state index is 0.0700. The second kappa shape index (κ2) is 7.15. The first kappa shape index (κ1) is 15.4. The fourth-order valence-electron chi connectivity index (χ4n) is 2.39. The van der Waals surface area contributed by atoms with E-state index in [2.05, 4.69) is 27.4 Å². The van der Waals surface area contributed by atoms with Gasteiger partial charge in [0.25, 0.3) is 5.78 Å². The number of hydrogen-bond donors (Lipinski definition) is 1. The minimum Gasteiger partial charge on any atom is -0.349 e. The van der Waals surface area contributed by atoms with Crippen molar-refractivity contribution in [2.24, 2.45) is 0 Å². The molecule has 21 heavy (non-hydrogen) atoms. The van der Waals surface area contributed by atoms with Crippen molar-refractivity contribution in [3.05, 3.63) is 23.3 Å². The highest BCUT2D eigenvalue weighted by Gasteiger charge is 2.10. The predicted octanol–water partition coefficient (Wildman–Crippen LogP) is 2.33. The maximum Gasteiger partial charge on any atom is 0.255 e. The van der Waals surface area contributed by atoms with Crippen LogP contribution in [0.2, 0.25) is 0 Å². The zero-order chi connectivity index (χ0) is 15.2. The number of nitrogens with zero attached hydrogens (tertiary/aromatic N) is 4. The quantitative estimate of drug-likeness (QED) is 0.794. The van der Waals surface area contributed by atoms with Gasteiger partial charge in [0.2, 0.25) is 5.91 Å². The Kier molecular flexibility index (Phi) is 5.25. The van der Waals surface area contributed by atoms with Crippen molar-refractivity contribution in [3.63, 3.8) is 0 Å². The van der Waals surface area contributed by atoms with E-state index in [9.17, 15) is 4.79 Å². The lowest BCUT2D eigenvalue weighted by Crippen LogP contribution is -2.23. The van der Waals surface area contributed by atoms with E-state index in [4.69, 9.17) is 0 Å². The number of carbonyl (C=O) groups is 1. The molecule has 0 atom stereocenters. The lowest BCUT2D eigenvalue weighted by molar-refractivity contribution is -0.121. The first-order chi connectivity index (χ1) is 10.1. The Labute approximate surface area is 125 Å². The molecule has 0 saturated carbocycles. The third-order valence-electron chi connectivity index (χ3n) is 3.46. The van der Waals surface area contributed by atoms with Crippen LogP contribution >= 0.6 is 0 Å². The molecule has 114 valence electrons. The molecule has 2 rings (SSSR count). The molecule has 0 spiro atoms. The topological polar surface area (TPSA) is 72.2 Å². The summed E-state index contributed by atoms with van der Waals surface area (Å²) < 4.78 is 1.88. The number of fused-ring (bicyclic) bond motifs is 1. The molecular formula is C15H23N5O. The van der Waals surface area contributed by atoms with E-state index in [1.54, 1.807) is 0 Å². The van der Waals surface area contributed by atoms with Gasteiger partial charge in [-0.1, -0.05) is 26.2 Å². The Morgan fingerprint density at radius 1 is 1.24 bits per heavy atom. The molecule has 0 radical (unpaired) electrons. The molecule has 0 fully saturated rings. The smallest absolute Gasteiger partial charge is 0.255 e. The highest BCUT2D eigenvalue weighted by atomic mass is 16.1. The molecule has 0 aliphatic heterocycles. The van der Waals surface area contributed by atoms with Crippen LogP contribution in [0.4, 0.5) is 0 Å². The number of nitrogens with one attached hydrogen (secondary N) is 1.